The van der Waals surface area contributed by atoms with Gasteiger partial charge in [-0.15, -0.1) is 0 Å². The van der Waals surface area contributed by atoms with E-state index in [-0.39, 0.29) is 29.0 Å². The summed E-state index contributed by atoms with van der Waals surface area (Å²) >= 11 is 6.25. The number of hydrogen-bond donors (Lipinski definition) is 3. The van der Waals surface area contributed by atoms with Gasteiger partial charge in [0.25, 0.3) is 21.6 Å². The van der Waals surface area contributed by atoms with Crippen molar-refractivity contribution in [2.75, 3.05) is 76.0 Å². The van der Waals surface area contributed by atoms with E-state index >= 15 is 0 Å². The molecule has 2 aromatic heterocycles. The number of ether oxygens (including phenoxy) is 4. The lowest BCUT2D eigenvalue weighted by molar-refractivity contribution is -0.384. The number of piperazine rings is 1. The van der Waals surface area contributed by atoms with Gasteiger partial charge in [-0.2, -0.15) is 0 Å². The lowest BCUT2D eigenvalue weighted by Gasteiger charge is -2.46. The summed E-state index contributed by atoms with van der Waals surface area (Å²) in [6, 6.07) is 20.1. The molecule has 1 amide bonds. The van der Waals surface area contributed by atoms with Crippen molar-refractivity contribution in [3.05, 3.63) is 117 Å². The van der Waals surface area contributed by atoms with Gasteiger partial charge in [0.15, 0.2) is 6.23 Å². The molecule has 4 aliphatic rings. The minimum absolute atomic E-state index is 0.0389. The van der Waals surface area contributed by atoms with Crippen molar-refractivity contribution in [1.82, 2.24) is 19.6 Å². The van der Waals surface area contributed by atoms with Crippen molar-refractivity contribution in [2.45, 2.75) is 30.4 Å². The molecular weight excluding hydrogens is 826 g/mol. The molecule has 318 valence electrons. The number of anilines is 2. The van der Waals surface area contributed by atoms with Crippen molar-refractivity contribution in [3.63, 3.8) is 0 Å². The highest BCUT2D eigenvalue weighted by molar-refractivity contribution is 7.90. The molecule has 1 spiro atoms. The Morgan fingerprint density at radius 3 is 2.57 bits per heavy atom. The van der Waals surface area contributed by atoms with Crippen LogP contribution in [0.15, 0.2) is 95.7 Å². The number of halogens is 1. The number of carbonyl (C=O) groups excluding carboxylic acids is 1. The minimum atomic E-state index is -4.59. The maximum Gasteiger partial charge on any atom is 0.293 e. The van der Waals surface area contributed by atoms with Gasteiger partial charge in [-0.3, -0.25) is 19.8 Å². The van der Waals surface area contributed by atoms with Gasteiger partial charge in [0.2, 0.25) is 0 Å². The quantitative estimate of drug-likeness (QED) is 0.0900. The number of nitrogens with one attached hydrogen (secondary N) is 3. The SMILES string of the molecule is O=C(NS(=O)(=O)c1ccc(N[C@@H]2COCCO2)c([N+](=O)[O-])c1)c1ccc(N2CCN(CC3=C(c4ccc(Cl)cc4)CC4(CC3)COC4)CC2)cc1Oc1cnc2[nH]ccc2c1. The predicted molar refractivity (Wildman–Crippen MR) is 229 cm³/mol. The van der Waals surface area contributed by atoms with E-state index in [1.807, 2.05) is 18.2 Å². The number of carbonyl (C=O) groups is 1. The van der Waals surface area contributed by atoms with Crippen molar-refractivity contribution in [3.8, 4) is 11.5 Å². The van der Waals surface area contributed by atoms with E-state index in [4.69, 9.17) is 30.5 Å². The summed E-state index contributed by atoms with van der Waals surface area (Å²) in [4.78, 5) is 36.9. The number of allylic oxidation sites excluding steroid dienone is 1. The summed E-state index contributed by atoms with van der Waals surface area (Å²) in [5.74, 6) is -0.532. The Morgan fingerprint density at radius 1 is 1.02 bits per heavy atom. The number of nitro benzene ring substituents is 1. The molecule has 0 saturated carbocycles. The van der Waals surface area contributed by atoms with E-state index in [2.05, 4.69) is 41.9 Å². The zero-order valence-electron chi connectivity index (χ0n) is 33.1. The Balaban J connectivity index is 0.935. The average Bonchev–Trinajstić information content (AvgIpc) is 3.72. The van der Waals surface area contributed by atoms with Gasteiger partial charge < -0.3 is 34.1 Å². The van der Waals surface area contributed by atoms with Crippen LogP contribution in [0.3, 0.4) is 0 Å². The number of pyridine rings is 1. The molecule has 61 heavy (non-hydrogen) atoms. The van der Waals surface area contributed by atoms with E-state index in [0.29, 0.717) is 37.7 Å². The van der Waals surface area contributed by atoms with Gasteiger partial charge in [-0.1, -0.05) is 29.3 Å². The van der Waals surface area contributed by atoms with Gasteiger partial charge in [0.1, 0.15) is 22.8 Å². The second kappa shape index (κ2) is 17.1. The smallest absolute Gasteiger partial charge is 0.293 e. The van der Waals surface area contributed by atoms with Crippen molar-refractivity contribution >= 4 is 61.2 Å². The molecule has 3 N–H and O–H groups in total. The number of fused-ring (bicyclic) bond motifs is 1. The fourth-order valence-electron chi connectivity index (χ4n) is 8.37. The first kappa shape index (κ1) is 40.8. The average molecular weight is 870 g/mol. The van der Waals surface area contributed by atoms with Crippen LogP contribution >= 0.6 is 11.6 Å². The molecule has 0 unspecified atom stereocenters. The summed E-state index contributed by atoms with van der Waals surface area (Å²) < 4.78 is 52.2. The molecule has 3 aliphatic heterocycles. The highest BCUT2D eigenvalue weighted by Gasteiger charge is 2.42. The zero-order valence-corrected chi connectivity index (χ0v) is 34.7. The van der Waals surface area contributed by atoms with Crippen LogP contribution in [0.2, 0.25) is 5.02 Å². The number of aromatic nitrogens is 2. The second-order valence-electron chi connectivity index (χ2n) is 15.8. The van der Waals surface area contributed by atoms with Crippen LogP contribution in [-0.2, 0) is 24.2 Å². The fourth-order valence-corrected chi connectivity index (χ4v) is 9.48. The zero-order chi connectivity index (χ0) is 42.1. The number of nitrogens with zero attached hydrogens (tertiary/aromatic N) is 4. The highest BCUT2D eigenvalue weighted by Crippen LogP contribution is 2.48. The molecule has 5 aromatic rings. The largest absolute Gasteiger partial charge is 0.455 e. The van der Waals surface area contributed by atoms with E-state index in [9.17, 15) is 23.3 Å². The summed E-state index contributed by atoms with van der Waals surface area (Å²) in [7, 11) is -4.59. The molecular formula is C43H44ClN7O9S. The van der Waals surface area contributed by atoms with Crippen LogP contribution in [0, 0.1) is 15.5 Å². The van der Waals surface area contributed by atoms with Gasteiger partial charge in [0.05, 0.1) is 54.6 Å². The molecule has 16 nitrogen and oxygen atoms in total. The molecule has 18 heteroatoms. The Hall–Kier alpha value is -5.56. The Kier molecular flexibility index (Phi) is 11.4. The van der Waals surface area contributed by atoms with Crippen LogP contribution in [-0.4, -0.2) is 106 Å². The summed E-state index contributed by atoms with van der Waals surface area (Å²) in [5.41, 5.74) is 5.19. The normalized spacial score (nSPS) is 19.4. The molecule has 1 atom stereocenters. The first-order chi connectivity index (χ1) is 29.5. The molecule has 0 radical (unpaired) electrons. The van der Waals surface area contributed by atoms with Gasteiger partial charge in [-0.25, -0.2) is 18.1 Å². The van der Waals surface area contributed by atoms with Crippen LogP contribution < -0.4 is 19.7 Å². The Morgan fingerprint density at radius 2 is 1.84 bits per heavy atom. The van der Waals surface area contributed by atoms with E-state index in [1.54, 1.807) is 24.4 Å². The molecule has 9 rings (SSSR count). The van der Waals surface area contributed by atoms with E-state index in [0.717, 1.165) is 74.3 Å². The molecule has 3 fully saturated rings. The number of rotatable bonds is 12. The molecule has 0 bridgehead atoms. The molecule has 3 saturated heterocycles. The molecule has 1 aliphatic carbocycles. The van der Waals surface area contributed by atoms with Gasteiger partial charge in [-0.05, 0) is 78.9 Å². The Bertz CT molecular complexity index is 2600. The number of aromatic amines is 1. The van der Waals surface area contributed by atoms with Gasteiger partial charge >= 0.3 is 0 Å². The van der Waals surface area contributed by atoms with E-state index < -0.39 is 37.7 Å². The van der Waals surface area contributed by atoms with Crippen LogP contribution in [0.25, 0.3) is 16.6 Å². The minimum Gasteiger partial charge on any atom is -0.455 e. The number of nitro groups is 1. The monoisotopic (exact) mass is 869 g/mol. The standard InChI is InChI=1S/C43H44ClN7O9S/c44-31-3-1-28(2-4-31)36-22-43(26-58-27-43)11-9-30(36)24-49-13-15-50(16-14-49)32-5-7-35(39(20-32)60-33-19-29-10-12-45-41(29)46-23-33)42(52)48-61(55,56)34-6-8-37(38(21-34)51(53)54)47-40-25-57-17-18-59-40/h1-8,10,12,19-21,23,40,47H,9,11,13-18,22,24-27H2,(H,45,46)(H,48,52)/t40-/m0/s1. The first-order valence-corrected chi connectivity index (χ1v) is 22.0. The third-order valence-electron chi connectivity index (χ3n) is 11.7. The summed E-state index contributed by atoms with van der Waals surface area (Å²) in [6.07, 6.45) is 5.75. The summed E-state index contributed by atoms with van der Waals surface area (Å²) in [6.45, 7) is 6.35. The molecule has 5 heterocycles. The third kappa shape index (κ3) is 8.94. The Labute approximate surface area is 357 Å². The first-order valence-electron chi connectivity index (χ1n) is 20.1. The third-order valence-corrected chi connectivity index (χ3v) is 13.3. The van der Waals surface area contributed by atoms with E-state index in [1.165, 1.54) is 41.1 Å². The second-order valence-corrected chi connectivity index (χ2v) is 18.0. The highest BCUT2D eigenvalue weighted by atomic mass is 35.5. The number of amides is 1. The maximum atomic E-state index is 13.9. The van der Waals surface area contributed by atoms with Crippen LogP contribution in [0.1, 0.15) is 35.2 Å². The number of H-pyrrole nitrogens is 1. The lowest BCUT2D eigenvalue weighted by Crippen LogP contribution is -2.48. The van der Waals surface area contributed by atoms with Crippen molar-refractivity contribution in [2.24, 2.45) is 5.41 Å². The van der Waals surface area contributed by atoms with Crippen LogP contribution in [0.4, 0.5) is 17.1 Å². The maximum absolute atomic E-state index is 13.9. The summed E-state index contributed by atoms with van der Waals surface area (Å²) in [5, 5.41) is 16.4. The van der Waals surface area contributed by atoms with Gasteiger partial charge in [0, 0.05) is 72.6 Å². The number of hydrogen-bond acceptors (Lipinski definition) is 13. The number of sulfonamides is 1. The lowest BCUT2D eigenvalue weighted by atomic mass is 9.69. The van der Waals surface area contributed by atoms with Crippen LogP contribution in [0.5, 0.6) is 11.5 Å². The molecule has 3 aromatic carbocycles. The van der Waals surface area contributed by atoms with Crippen molar-refractivity contribution in [1.29, 1.82) is 0 Å². The number of benzene rings is 3. The van der Waals surface area contributed by atoms with Crippen molar-refractivity contribution < 1.29 is 37.1 Å². The fraction of sp³-hybridized carbons (Fsp3) is 0.349. The predicted octanol–water partition coefficient (Wildman–Crippen LogP) is 6.60. The topological polar surface area (TPSA) is 190 Å².